The van der Waals surface area contributed by atoms with E-state index in [-0.39, 0.29) is 41.3 Å². The minimum atomic E-state index is -0.748. The monoisotopic (exact) mass is 407 g/mol. The standard InChI is InChI=1S/C24H40O5/c1-13(4-7-21(28)29)16-5-6-17-22-18(12-20(27)24(16,17)3)23(2)9-8-15(25)10-14(23)11-19(22)26/h13-20,22,25-27H,4-12H2,1-3H3,(H,28,29)/t13-,14?,15-,16-,17?,18?,19-,20+,22?,23+,24-/m1/s1/i21-1. The molecule has 0 radical (unpaired) electrons. The van der Waals surface area contributed by atoms with E-state index in [0.29, 0.717) is 30.1 Å². The third kappa shape index (κ3) is 3.27. The maximum Gasteiger partial charge on any atom is 0.303 e. The lowest BCUT2D eigenvalue weighted by Crippen LogP contribution is -2.62. The van der Waals surface area contributed by atoms with E-state index in [1.165, 1.54) is 0 Å². The van der Waals surface area contributed by atoms with E-state index in [9.17, 15) is 20.1 Å². The SMILES string of the molecule is C[C@H](CC[11C](=O)O)[C@H]1CCC2C3C(C[C@H](O)[C@@]21C)[C@@]1(C)CC[C@@H](O)CC1C[C@H]3O. The van der Waals surface area contributed by atoms with Crippen LogP contribution in [0, 0.1) is 46.3 Å². The van der Waals surface area contributed by atoms with Gasteiger partial charge in [0.2, 0.25) is 0 Å². The first-order valence-corrected chi connectivity index (χ1v) is 11.8. The number of aliphatic hydroxyl groups is 3. The van der Waals surface area contributed by atoms with Crippen LogP contribution in [0.2, 0.25) is 0 Å². The number of carboxylic acids is 1. The number of carboxylic acid groups (broad SMARTS) is 1. The minimum absolute atomic E-state index is 0.0957. The molecule has 5 heteroatoms. The van der Waals surface area contributed by atoms with Crippen molar-refractivity contribution in [3.05, 3.63) is 0 Å². The van der Waals surface area contributed by atoms with Crippen LogP contribution in [0.1, 0.15) is 78.6 Å². The summed E-state index contributed by atoms with van der Waals surface area (Å²) in [6, 6.07) is 0. The van der Waals surface area contributed by atoms with Crippen LogP contribution in [0.4, 0.5) is 0 Å². The van der Waals surface area contributed by atoms with Gasteiger partial charge in [-0.3, -0.25) is 4.79 Å². The molecule has 0 spiro atoms. The summed E-state index contributed by atoms with van der Waals surface area (Å²) in [5.41, 5.74) is -0.143. The molecule has 29 heavy (non-hydrogen) atoms. The van der Waals surface area contributed by atoms with Crippen LogP contribution in [0.3, 0.4) is 0 Å². The number of aliphatic hydroxyl groups excluding tert-OH is 3. The highest BCUT2D eigenvalue weighted by Crippen LogP contribution is 2.68. The van der Waals surface area contributed by atoms with Gasteiger partial charge in [0, 0.05) is 6.42 Å². The highest BCUT2D eigenvalue weighted by molar-refractivity contribution is 5.66. The highest BCUT2D eigenvalue weighted by Gasteiger charge is 2.65. The fraction of sp³-hybridized carbons (Fsp3) is 0.958. The van der Waals surface area contributed by atoms with Crippen molar-refractivity contribution >= 4 is 5.97 Å². The summed E-state index contributed by atoms with van der Waals surface area (Å²) in [4.78, 5) is 11.1. The molecular weight excluding hydrogens is 367 g/mol. The second kappa shape index (κ2) is 7.49. The average Bonchev–Trinajstić information content (AvgIpc) is 3.01. The summed E-state index contributed by atoms with van der Waals surface area (Å²) < 4.78 is 0. The molecule has 4 aliphatic carbocycles. The maximum absolute atomic E-state index is 11.5. The van der Waals surface area contributed by atoms with Crippen LogP contribution in [0.5, 0.6) is 0 Å². The van der Waals surface area contributed by atoms with E-state index in [1.54, 1.807) is 0 Å². The van der Waals surface area contributed by atoms with Gasteiger partial charge in [0.1, 0.15) is 0 Å². The fourth-order valence-electron chi connectivity index (χ4n) is 8.68. The molecule has 0 aromatic rings. The first kappa shape index (κ1) is 21.6. The highest BCUT2D eigenvalue weighted by atomic mass is 16.3. The van der Waals surface area contributed by atoms with Gasteiger partial charge in [0.05, 0.1) is 18.3 Å². The summed E-state index contributed by atoms with van der Waals surface area (Å²) in [6.45, 7) is 6.72. The number of hydrogen-bond donors (Lipinski definition) is 4. The maximum atomic E-state index is 11.5. The minimum Gasteiger partial charge on any atom is -0.481 e. The molecule has 0 heterocycles. The molecular formula is C24H40O5. The summed E-state index contributed by atoms with van der Waals surface area (Å²) in [5.74, 6) is 0.997. The molecule has 5 nitrogen and oxygen atoms in total. The van der Waals surface area contributed by atoms with E-state index in [0.717, 1.165) is 44.9 Å². The Morgan fingerprint density at radius 3 is 2.45 bits per heavy atom. The Kier molecular flexibility index (Phi) is 5.57. The van der Waals surface area contributed by atoms with Gasteiger partial charge in [-0.05, 0) is 97.7 Å². The van der Waals surface area contributed by atoms with Gasteiger partial charge in [-0.15, -0.1) is 0 Å². The molecule has 0 aliphatic heterocycles. The summed E-state index contributed by atoms with van der Waals surface area (Å²) in [6.07, 6.45) is 6.00. The van der Waals surface area contributed by atoms with Crippen molar-refractivity contribution in [2.75, 3.05) is 0 Å². The smallest absolute Gasteiger partial charge is 0.303 e. The molecule has 4 N–H and O–H groups in total. The van der Waals surface area contributed by atoms with Gasteiger partial charge in [0.25, 0.3) is 0 Å². The Bertz CT molecular complexity index is 637. The molecule has 4 saturated carbocycles. The molecule has 4 aliphatic rings. The molecule has 4 unspecified atom stereocenters. The number of rotatable bonds is 4. The number of hydrogen-bond acceptors (Lipinski definition) is 4. The Balaban J connectivity index is 1.61. The zero-order chi connectivity index (χ0) is 21.1. The van der Waals surface area contributed by atoms with E-state index in [1.807, 2.05) is 0 Å². The zero-order valence-electron chi connectivity index (χ0n) is 18.3. The van der Waals surface area contributed by atoms with E-state index in [4.69, 9.17) is 5.11 Å². The molecule has 4 rings (SSSR count). The third-order valence-corrected chi connectivity index (χ3v) is 10.3. The predicted molar refractivity (Wildman–Crippen MR) is 110 cm³/mol. The number of fused-ring (bicyclic) bond motifs is 5. The summed E-state index contributed by atoms with van der Waals surface area (Å²) >= 11 is 0. The van der Waals surface area contributed by atoms with Crippen LogP contribution in [0.15, 0.2) is 0 Å². The van der Waals surface area contributed by atoms with Gasteiger partial charge in [0.15, 0.2) is 0 Å². The van der Waals surface area contributed by atoms with Gasteiger partial charge in [-0.25, -0.2) is 0 Å². The van der Waals surface area contributed by atoms with E-state index in [2.05, 4.69) is 20.8 Å². The van der Waals surface area contributed by atoms with Crippen LogP contribution < -0.4 is 0 Å². The number of aliphatic carboxylic acids is 1. The Morgan fingerprint density at radius 2 is 1.76 bits per heavy atom. The average molecular weight is 408 g/mol. The van der Waals surface area contributed by atoms with Crippen LogP contribution >= 0.6 is 0 Å². The predicted octanol–water partition coefficient (Wildman–Crippen LogP) is 3.45. The Morgan fingerprint density at radius 1 is 1.03 bits per heavy atom. The molecule has 0 amide bonds. The van der Waals surface area contributed by atoms with Crippen LogP contribution in [0.25, 0.3) is 0 Å². The number of carbonyl (C=O) groups is 1. The van der Waals surface area contributed by atoms with Crippen molar-refractivity contribution < 1.29 is 25.2 Å². The van der Waals surface area contributed by atoms with Crippen molar-refractivity contribution in [2.24, 2.45) is 46.3 Å². The Hall–Kier alpha value is -0.650. The largest absolute Gasteiger partial charge is 0.481 e. The first-order valence-electron chi connectivity index (χ1n) is 11.8. The molecule has 166 valence electrons. The summed E-state index contributed by atoms with van der Waals surface area (Å²) in [7, 11) is 0. The second-order valence-electron chi connectivity index (χ2n) is 11.4. The van der Waals surface area contributed by atoms with Gasteiger partial charge in [-0.2, -0.15) is 0 Å². The van der Waals surface area contributed by atoms with Crippen molar-refractivity contribution in [2.45, 2.75) is 96.9 Å². The zero-order valence-corrected chi connectivity index (χ0v) is 18.3. The molecule has 0 saturated heterocycles. The van der Waals surface area contributed by atoms with Gasteiger partial charge in [-0.1, -0.05) is 20.8 Å². The van der Waals surface area contributed by atoms with Crippen molar-refractivity contribution in [3.63, 3.8) is 0 Å². The van der Waals surface area contributed by atoms with Crippen LogP contribution in [-0.4, -0.2) is 44.7 Å². The van der Waals surface area contributed by atoms with Crippen molar-refractivity contribution in [1.29, 1.82) is 0 Å². The van der Waals surface area contributed by atoms with Crippen molar-refractivity contribution in [3.8, 4) is 0 Å². The quantitative estimate of drug-likeness (QED) is 0.572. The third-order valence-electron chi connectivity index (χ3n) is 10.3. The molecule has 11 atom stereocenters. The van der Waals surface area contributed by atoms with Crippen LogP contribution in [-0.2, 0) is 4.79 Å². The Labute approximate surface area is 174 Å². The first-order chi connectivity index (χ1) is 13.6. The molecule has 4 fully saturated rings. The fourth-order valence-corrected chi connectivity index (χ4v) is 8.68. The molecule has 0 aromatic heterocycles. The topological polar surface area (TPSA) is 98.0 Å². The molecule has 0 aromatic carbocycles. The lowest BCUT2D eigenvalue weighted by molar-refractivity contribution is -0.207. The van der Waals surface area contributed by atoms with E-state index < -0.39 is 12.1 Å². The molecule has 0 bridgehead atoms. The lowest BCUT2D eigenvalue weighted by atomic mass is 9.43. The van der Waals surface area contributed by atoms with E-state index >= 15 is 0 Å². The van der Waals surface area contributed by atoms with Gasteiger partial charge < -0.3 is 20.4 Å². The lowest BCUT2D eigenvalue weighted by Gasteiger charge is -2.63. The van der Waals surface area contributed by atoms with Gasteiger partial charge >= 0.3 is 5.97 Å². The summed E-state index contributed by atoms with van der Waals surface area (Å²) in [5, 5.41) is 42.0. The second-order valence-corrected chi connectivity index (χ2v) is 11.4. The normalized spacial score (nSPS) is 52.9. The van der Waals surface area contributed by atoms with Crippen molar-refractivity contribution in [1.82, 2.24) is 0 Å².